The molecule has 2 N–H and O–H groups in total. The number of hydrogen-bond acceptors (Lipinski definition) is 5. The smallest absolute Gasteiger partial charge is 0.270 e. The number of nitriles is 1. The maximum atomic E-state index is 12.6. The van der Waals surface area contributed by atoms with Crippen molar-refractivity contribution >= 4 is 5.91 Å². The number of nitrogens with zero attached hydrogens (tertiary/aromatic N) is 5. The molecular weight excluding hydrogens is 298 g/mol. The summed E-state index contributed by atoms with van der Waals surface area (Å²) in [5.41, 5.74) is 2.13. The van der Waals surface area contributed by atoms with Crippen LogP contribution < -0.4 is 0 Å². The summed E-state index contributed by atoms with van der Waals surface area (Å²) in [5, 5.41) is 31.8. The predicted octanol–water partition coefficient (Wildman–Crippen LogP) is -0.225. The third-order valence-corrected chi connectivity index (χ3v) is 3.97. The summed E-state index contributed by atoms with van der Waals surface area (Å²) in [4.78, 5) is 14.3. The quantitative estimate of drug-likeness (QED) is 0.814. The highest BCUT2D eigenvalue weighted by Gasteiger charge is 2.26. The highest BCUT2D eigenvalue weighted by molar-refractivity contribution is 5.93. The minimum absolute atomic E-state index is 0.147. The van der Waals surface area contributed by atoms with E-state index in [-0.39, 0.29) is 12.5 Å². The average Bonchev–Trinajstić information content (AvgIpc) is 3.15. The molecule has 0 aliphatic carbocycles. The summed E-state index contributed by atoms with van der Waals surface area (Å²) < 4.78 is 3.39. The highest BCUT2D eigenvalue weighted by atomic mass is 16.3. The van der Waals surface area contributed by atoms with Crippen molar-refractivity contribution in [3.63, 3.8) is 0 Å². The van der Waals surface area contributed by atoms with Crippen LogP contribution in [-0.4, -0.2) is 48.5 Å². The molecule has 3 rings (SSSR count). The second-order valence-corrected chi connectivity index (χ2v) is 5.55. The minimum Gasteiger partial charge on any atom is -0.393 e. The fourth-order valence-corrected chi connectivity index (χ4v) is 2.72. The molecule has 0 spiro atoms. The Bertz CT molecular complexity index is 786. The molecule has 2 aromatic heterocycles. The van der Waals surface area contributed by atoms with Gasteiger partial charge in [-0.3, -0.25) is 9.48 Å². The van der Waals surface area contributed by atoms with E-state index in [9.17, 15) is 9.90 Å². The van der Waals surface area contributed by atoms with Gasteiger partial charge in [0.15, 0.2) is 0 Å². The number of aryl methyl sites for hydroxylation is 1. The lowest BCUT2D eigenvalue weighted by molar-refractivity contribution is 0.0695. The first kappa shape index (κ1) is 15.3. The third-order valence-electron chi connectivity index (χ3n) is 3.97. The number of rotatable bonds is 3. The van der Waals surface area contributed by atoms with Crippen LogP contribution in [0.2, 0.25) is 0 Å². The second kappa shape index (κ2) is 5.87. The maximum Gasteiger partial charge on any atom is 0.270 e. The van der Waals surface area contributed by atoms with E-state index in [1.165, 1.54) is 0 Å². The molecule has 1 amide bonds. The van der Waals surface area contributed by atoms with Crippen molar-refractivity contribution in [2.75, 3.05) is 13.2 Å². The van der Waals surface area contributed by atoms with Gasteiger partial charge in [0.1, 0.15) is 17.9 Å². The van der Waals surface area contributed by atoms with Gasteiger partial charge in [0.2, 0.25) is 0 Å². The molecule has 8 heteroatoms. The van der Waals surface area contributed by atoms with E-state index in [1.54, 1.807) is 39.5 Å². The SMILES string of the molecule is Cn1cc(C#N)cc1C(=O)N1CCn2nc(C(O)CO)cc2C1. The summed E-state index contributed by atoms with van der Waals surface area (Å²) in [6.45, 7) is 1.00. The Morgan fingerprint density at radius 2 is 2.26 bits per heavy atom. The van der Waals surface area contributed by atoms with Crippen LogP contribution in [-0.2, 0) is 20.1 Å². The fraction of sp³-hybridized carbons (Fsp3) is 0.400. The normalized spacial score (nSPS) is 15.1. The average molecular weight is 315 g/mol. The first-order valence-electron chi connectivity index (χ1n) is 7.24. The van der Waals surface area contributed by atoms with Crippen LogP contribution in [0.5, 0.6) is 0 Å². The molecule has 1 unspecified atom stereocenters. The lowest BCUT2D eigenvalue weighted by Gasteiger charge is -2.27. The molecule has 120 valence electrons. The lowest BCUT2D eigenvalue weighted by atomic mass is 10.2. The van der Waals surface area contributed by atoms with Crippen molar-refractivity contribution in [3.8, 4) is 6.07 Å². The van der Waals surface area contributed by atoms with E-state index < -0.39 is 6.10 Å². The van der Waals surface area contributed by atoms with Crippen molar-refractivity contribution in [3.05, 3.63) is 41.0 Å². The van der Waals surface area contributed by atoms with Crippen molar-refractivity contribution < 1.29 is 15.0 Å². The van der Waals surface area contributed by atoms with Crippen molar-refractivity contribution in [1.29, 1.82) is 5.26 Å². The maximum absolute atomic E-state index is 12.6. The van der Waals surface area contributed by atoms with E-state index in [0.29, 0.717) is 36.6 Å². The van der Waals surface area contributed by atoms with Gasteiger partial charge in [0, 0.05) is 19.8 Å². The molecule has 1 aliphatic heterocycles. The van der Waals surface area contributed by atoms with Crippen molar-refractivity contribution in [2.45, 2.75) is 19.2 Å². The Labute approximate surface area is 132 Å². The molecule has 2 aromatic rings. The first-order chi connectivity index (χ1) is 11.0. The zero-order valence-corrected chi connectivity index (χ0v) is 12.7. The van der Waals surface area contributed by atoms with Gasteiger partial charge in [0.05, 0.1) is 36.6 Å². The number of aromatic nitrogens is 3. The molecular formula is C15H17N5O3. The zero-order chi connectivity index (χ0) is 16.6. The molecule has 0 aromatic carbocycles. The van der Waals surface area contributed by atoms with Gasteiger partial charge >= 0.3 is 0 Å². The summed E-state index contributed by atoms with van der Waals surface area (Å²) in [7, 11) is 1.73. The van der Waals surface area contributed by atoms with Crippen LogP contribution >= 0.6 is 0 Å². The second-order valence-electron chi connectivity index (χ2n) is 5.55. The number of fused-ring (bicyclic) bond motifs is 1. The molecule has 0 fully saturated rings. The molecule has 0 radical (unpaired) electrons. The number of aliphatic hydroxyl groups excluding tert-OH is 2. The van der Waals surface area contributed by atoms with E-state index in [2.05, 4.69) is 5.10 Å². The van der Waals surface area contributed by atoms with Gasteiger partial charge in [0.25, 0.3) is 5.91 Å². The largest absolute Gasteiger partial charge is 0.393 e. The summed E-state index contributed by atoms with van der Waals surface area (Å²) >= 11 is 0. The molecule has 1 aliphatic rings. The topological polar surface area (TPSA) is 107 Å². The summed E-state index contributed by atoms with van der Waals surface area (Å²) in [6.07, 6.45) is 0.611. The first-order valence-corrected chi connectivity index (χ1v) is 7.24. The highest BCUT2D eigenvalue weighted by Crippen LogP contribution is 2.20. The Morgan fingerprint density at radius 3 is 2.91 bits per heavy atom. The van der Waals surface area contributed by atoms with Gasteiger partial charge < -0.3 is 19.7 Å². The van der Waals surface area contributed by atoms with Crippen LogP contribution in [0.25, 0.3) is 0 Å². The number of aliphatic hydroxyl groups is 2. The van der Waals surface area contributed by atoms with Crippen LogP contribution in [0.15, 0.2) is 18.3 Å². The Balaban J connectivity index is 1.81. The van der Waals surface area contributed by atoms with Crippen LogP contribution in [0.1, 0.15) is 33.5 Å². The van der Waals surface area contributed by atoms with E-state index in [4.69, 9.17) is 10.4 Å². The molecule has 23 heavy (non-hydrogen) atoms. The van der Waals surface area contributed by atoms with Crippen LogP contribution in [0.4, 0.5) is 0 Å². The molecule has 1 atom stereocenters. The summed E-state index contributed by atoms with van der Waals surface area (Å²) in [6, 6.07) is 5.31. The Kier molecular flexibility index (Phi) is 3.90. The van der Waals surface area contributed by atoms with Crippen molar-refractivity contribution in [1.82, 2.24) is 19.2 Å². The zero-order valence-electron chi connectivity index (χ0n) is 12.7. The standard InChI is InChI=1S/C15H17N5O3/c1-18-7-10(6-16)4-13(18)15(23)19-2-3-20-11(8-19)5-12(17-20)14(22)9-21/h4-5,7,14,21-22H,2-3,8-9H2,1H3. The van der Waals surface area contributed by atoms with Gasteiger partial charge in [-0.2, -0.15) is 10.4 Å². The van der Waals surface area contributed by atoms with Gasteiger partial charge in [-0.25, -0.2) is 0 Å². The van der Waals surface area contributed by atoms with Gasteiger partial charge in [-0.1, -0.05) is 0 Å². The summed E-state index contributed by atoms with van der Waals surface area (Å²) in [5.74, 6) is -0.147. The number of hydrogen-bond donors (Lipinski definition) is 2. The molecule has 0 saturated carbocycles. The molecule has 0 saturated heterocycles. The molecule has 0 bridgehead atoms. The van der Waals surface area contributed by atoms with Crippen LogP contribution in [0.3, 0.4) is 0 Å². The predicted molar refractivity (Wildman–Crippen MR) is 79.1 cm³/mol. The number of carbonyl (C=O) groups is 1. The van der Waals surface area contributed by atoms with Gasteiger partial charge in [-0.05, 0) is 12.1 Å². The van der Waals surface area contributed by atoms with E-state index >= 15 is 0 Å². The molecule has 3 heterocycles. The van der Waals surface area contributed by atoms with Crippen molar-refractivity contribution in [2.24, 2.45) is 7.05 Å². The Hall–Kier alpha value is -2.63. The fourth-order valence-electron chi connectivity index (χ4n) is 2.72. The Morgan fingerprint density at radius 1 is 1.48 bits per heavy atom. The molecule has 8 nitrogen and oxygen atoms in total. The van der Waals surface area contributed by atoms with Gasteiger partial charge in [-0.15, -0.1) is 0 Å². The minimum atomic E-state index is -1.01. The number of amides is 1. The van der Waals surface area contributed by atoms with E-state index in [0.717, 1.165) is 5.69 Å². The lowest BCUT2D eigenvalue weighted by Crippen LogP contribution is -2.39. The van der Waals surface area contributed by atoms with E-state index in [1.807, 2.05) is 6.07 Å². The third kappa shape index (κ3) is 2.72. The van der Waals surface area contributed by atoms with Crippen LogP contribution in [0, 0.1) is 11.3 Å². The number of carbonyl (C=O) groups excluding carboxylic acids is 1. The monoisotopic (exact) mass is 315 g/mol.